The predicted molar refractivity (Wildman–Crippen MR) is 85.9 cm³/mol. The molecule has 1 fully saturated rings. The SMILES string of the molecule is CCSC1CCC(Nc2ccccc2S(=O)(=O)NC)C1. The van der Waals surface area contributed by atoms with E-state index in [1.54, 1.807) is 12.1 Å². The second-order valence-corrected chi connectivity index (χ2v) is 8.37. The molecule has 0 radical (unpaired) electrons. The molecule has 2 rings (SSSR count). The lowest BCUT2D eigenvalue weighted by atomic mass is 10.2. The third kappa shape index (κ3) is 3.68. The van der Waals surface area contributed by atoms with Crippen LogP contribution in [-0.4, -0.2) is 32.5 Å². The Kier molecular flexibility index (Phi) is 5.35. The van der Waals surface area contributed by atoms with Crippen molar-refractivity contribution in [1.82, 2.24) is 4.72 Å². The van der Waals surface area contributed by atoms with Gasteiger partial charge in [-0.15, -0.1) is 0 Å². The Balaban J connectivity index is 2.11. The van der Waals surface area contributed by atoms with Crippen LogP contribution >= 0.6 is 11.8 Å². The van der Waals surface area contributed by atoms with Gasteiger partial charge < -0.3 is 5.32 Å². The van der Waals surface area contributed by atoms with Crippen molar-refractivity contribution in [2.75, 3.05) is 18.1 Å². The van der Waals surface area contributed by atoms with Gasteiger partial charge in [-0.05, 0) is 44.2 Å². The van der Waals surface area contributed by atoms with E-state index < -0.39 is 10.0 Å². The second kappa shape index (κ2) is 6.83. The first-order valence-corrected chi connectivity index (χ1v) is 9.50. The van der Waals surface area contributed by atoms with E-state index in [4.69, 9.17) is 0 Å². The molecule has 6 heteroatoms. The summed E-state index contributed by atoms with van der Waals surface area (Å²) in [5.41, 5.74) is 0.703. The van der Waals surface area contributed by atoms with Crippen molar-refractivity contribution < 1.29 is 8.42 Å². The largest absolute Gasteiger partial charge is 0.381 e. The van der Waals surface area contributed by atoms with Crippen LogP contribution in [0.15, 0.2) is 29.2 Å². The Morgan fingerprint density at radius 1 is 1.30 bits per heavy atom. The molecule has 1 aromatic rings. The van der Waals surface area contributed by atoms with Gasteiger partial charge in [0.05, 0.1) is 5.69 Å². The van der Waals surface area contributed by atoms with Crippen molar-refractivity contribution in [3.63, 3.8) is 0 Å². The van der Waals surface area contributed by atoms with Crippen molar-refractivity contribution in [3.05, 3.63) is 24.3 Å². The standard InChI is InChI=1S/C14H22N2O2S2/c1-3-19-12-9-8-11(10-12)16-13-6-4-5-7-14(13)20(17,18)15-2/h4-7,11-12,15-16H,3,8-10H2,1-2H3. The highest BCUT2D eigenvalue weighted by Gasteiger charge is 2.26. The monoisotopic (exact) mass is 314 g/mol. The van der Waals surface area contributed by atoms with Crippen LogP contribution in [0.25, 0.3) is 0 Å². The van der Waals surface area contributed by atoms with Crippen molar-refractivity contribution in [1.29, 1.82) is 0 Å². The normalized spacial score (nSPS) is 22.9. The van der Waals surface area contributed by atoms with Gasteiger partial charge in [0.2, 0.25) is 10.0 Å². The molecule has 0 amide bonds. The second-order valence-electron chi connectivity index (χ2n) is 4.94. The summed E-state index contributed by atoms with van der Waals surface area (Å²) >= 11 is 2.00. The average Bonchev–Trinajstić information content (AvgIpc) is 2.87. The van der Waals surface area contributed by atoms with Gasteiger partial charge in [-0.1, -0.05) is 19.1 Å². The van der Waals surface area contributed by atoms with E-state index in [9.17, 15) is 8.42 Å². The van der Waals surface area contributed by atoms with Crippen molar-refractivity contribution in [2.45, 2.75) is 42.4 Å². The molecule has 2 atom stereocenters. The molecule has 0 aliphatic heterocycles. The lowest BCUT2D eigenvalue weighted by molar-refractivity contribution is 0.588. The highest BCUT2D eigenvalue weighted by Crippen LogP contribution is 2.32. The van der Waals surface area contributed by atoms with E-state index in [1.807, 2.05) is 23.9 Å². The Labute approximate surface area is 125 Å². The average molecular weight is 314 g/mol. The maximum Gasteiger partial charge on any atom is 0.242 e. The molecular formula is C14H22N2O2S2. The van der Waals surface area contributed by atoms with Crippen LogP contribution in [0.5, 0.6) is 0 Å². The van der Waals surface area contributed by atoms with E-state index >= 15 is 0 Å². The zero-order valence-electron chi connectivity index (χ0n) is 11.9. The Hall–Kier alpha value is -0.720. The van der Waals surface area contributed by atoms with Gasteiger partial charge in [0.1, 0.15) is 4.90 Å². The van der Waals surface area contributed by atoms with Gasteiger partial charge >= 0.3 is 0 Å². The van der Waals surface area contributed by atoms with Crippen LogP contribution in [0.1, 0.15) is 26.2 Å². The van der Waals surface area contributed by atoms with Crippen molar-refractivity contribution >= 4 is 27.5 Å². The van der Waals surface area contributed by atoms with E-state index in [2.05, 4.69) is 17.0 Å². The fraction of sp³-hybridized carbons (Fsp3) is 0.571. The van der Waals surface area contributed by atoms with Crippen LogP contribution in [-0.2, 0) is 10.0 Å². The molecule has 0 aromatic heterocycles. The molecule has 1 aromatic carbocycles. The molecule has 0 spiro atoms. The third-order valence-electron chi connectivity index (χ3n) is 3.59. The van der Waals surface area contributed by atoms with Gasteiger partial charge in [-0.2, -0.15) is 11.8 Å². The summed E-state index contributed by atoms with van der Waals surface area (Å²) in [5.74, 6) is 1.14. The number of para-hydroxylation sites is 1. The molecule has 0 bridgehead atoms. The zero-order chi connectivity index (χ0) is 14.6. The van der Waals surface area contributed by atoms with Crippen LogP contribution in [0.3, 0.4) is 0 Å². The summed E-state index contributed by atoms with van der Waals surface area (Å²) in [5, 5.41) is 4.11. The van der Waals surface area contributed by atoms with Crippen molar-refractivity contribution in [3.8, 4) is 0 Å². The van der Waals surface area contributed by atoms with E-state index in [0.29, 0.717) is 21.9 Å². The van der Waals surface area contributed by atoms with E-state index in [-0.39, 0.29) is 0 Å². The minimum absolute atomic E-state index is 0.328. The molecule has 1 aliphatic rings. The van der Waals surface area contributed by atoms with E-state index in [1.165, 1.54) is 13.5 Å². The number of benzene rings is 1. The molecule has 0 heterocycles. The van der Waals surface area contributed by atoms with Gasteiger partial charge in [-0.25, -0.2) is 13.1 Å². The van der Waals surface area contributed by atoms with Crippen molar-refractivity contribution in [2.24, 2.45) is 0 Å². The quantitative estimate of drug-likeness (QED) is 0.847. The molecule has 2 unspecified atom stereocenters. The summed E-state index contributed by atoms with van der Waals surface area (Å²) in [6.45, 7) is 2.18. The number of hydrogen-bond donors (Lipinski definition) is 2. The lowest BCUT2D eigenvalue weighted by Gasteiger charge is -2.17. The molecular weight excluding hydrogens is 292 g/mol. The third-order valence-corrected chi connectivity index (χ3v) is 6.30. The van der Waals surface area contributed by atoms with Gasteiger partial charge in [-0.3, -0.25) is 0 Å². The van der Waals surface area contributed by atoms with Crippen LogP contribution < -0.4 is 10.0 Å². The summed E-state index contributed by atoms with van der Waals surface area (Å²) in [6, 6.07) is 7.46. The number of sulfonamides is 1. The highest BCUT2D eigenvalue weighted by atomic mass is 32.2. The fourth-order valence-corrected chi connectivity index (χ4v) is 4.65. The van der Waals surface area contributed by atoms with Crippen LogP contribution in [0, 0.1) is 0 Å². The molecule has 4 nitrogen and oxygen atoms in total. The minimum Gasteiger partial charge on any atom is -0.381 e. The summed E-state index contributed by atoms with van der Waals surface area (Å²) in [4.78, 5) is 0.328. The fourth-order valence-electron chi connectivity index (χ4n) is 2.61. The summed E-state index contributed by atoms with van der Waals surface area (Å²) in [6.07, 6.45) is 3.41. The number of hydrogen-bond acceptors (Lipinski definition) is 4. The maximum atomic E-state index is 12.0. The van der Waals surface area contributed by atoms with Crippen LogP contribution in [0.4, 0.5) is 5.69 Å². The van der Waals surface area contributed by atoms with E-state index in [0.717, 1.165) is 18.6 Å². The highest BCUT2D eigenvalue weighted by molar-refractivity contribution is 7.99. The van der Waals surface area contributed by atoms with Gasteiger partial charge in [0.25, 0.3) is 0 Å². The number of rotatable bonds is 6. The lowest BCUT2D eigenvalue weighted by Crippen LogP contribution is -2.23. The Morgan fingerprint density at radius 2 is 2.05 bits per heavy atom. The molecule has 1 saturated carbocycles. The van der Waals surface area contributed by atoms with Gasteiger partial charge in [0, 0.05) is 11.3 Å². The molecule has 2 N–H and O–H groups in total. The summed E-state index contributed by atoms with van der Waals surface area (Å²) in [7, 11) is -1.97. The maximum absolute atomic E-state index is 12.0. The number of anilines is 1. The summed E-state index contributed by atoms with van der Waals surface area (Å²) < 4.78 is 26.4. The first kappa shape index (κ1) is 15.7. The van der Waals surface area contributed by atoms with Crippen LogP contribution in [0.2, 0.25) is 0 Å². The van der Waals surface area contributed by atoms with Gasteiger partial charge in [0.15, 0.2) is 0 Å². The first-order chi connectivity index (χ1) is 9.56. The topological polar surface area (TPSA) is 58.2 Å². The molecule has 1 aliphatic carbocycles. The molecule has 20 heavy (non-hydrogen) atoms. The number of thioether (sulfide) groups is 1. The predicted octanol–water partition coefficient (Wildman–Crippen LogP) is 2.68. The smallest absolute Gasteiger partial charge is 0.242 e. The zero-order valence-corrected chi connectivity index (χ0v) is 13.6. The Morgan fingerprint density at radius 3 is 2.75 bits per heavy atom. The molecule has 112 valence electrons. The molecule has 0 saturated heterocycles. The number of nitrogens with one attached hydrogen (secondary N) is 2. The minimum atomic E-state index is -3.41. The Bertz CT molecular complexity index is 546. The first-order valence-electron chi connectivity index (χ1n) is 6.97.